The summed E-state index contributed by atoms with van der Waals surface area (Å²) in [5.41, 5.74) is 1.19. The summed E-state index contributed by atoms with van der Waals surface area (Å²) in [5, 5.41) is 3.32. The molecular formula is C16H25NO3. The van der Waals surface area contributed by atoms with E-state index in [9.17, 15) is 0 Å². The van der Waals surface area contributed by atoms with Gasteiger partial charge in [0.1, 0.15) is 12.4 Å². The second kappa shape index (κ2) is 8.95. The summed E-state index contributed by atoms with van der Waals surface area (Å²) < 4.78 is 16.9. The molecule has 1 unspecified atom stereocenters. The van der Waals surface area contributed by atoms with Gasteiger partial charge >= 0.3 is 0 Å². The largest absolute Gasteiger partial charge is 0.491 e. The van der Waals surface area contributed by atoms with Crippen molar-refractivity contribution in [1.82, 2.24) is 5.32 Å². The first-order valence-electron chi connectivity index (χ1n) is 7.51. The van der Waals surface area contributed by atoms with E-state index in [0.717, 1.165) is 38.3 Å². The number of hydrogen-bond donors (Lipinski definition) is 1. The lowest BCUT2D eigenvalue weighted by Crippen LogP contribution is -2.17. The van der Waals surface area contributed by atoms with Crippen LogP contribution in [-0.2, 0) is 16.0 Å². The molecule has 0 amide bonds. The van der Waals surface area contributed by atoms with Gasteiger partial charge in [0.05, 0.1) is 19.3 Å². The van der Waals surface area contributed by atoms with Crippen molar-refractivity contribution in [2.75, 3.05) is 33.0 Å². The predicted molar refractivity (Wildman–Crippen MR) is 79.1 cm³/mol. The van der Waals surface area contributed by atoms with Gasteiger partial charge in [-0.3, -0.25) is 0 Å². The molecule has 1 saturated heterocycles. The topological polar surface area (TPSA) is 39.7 Å². The number of ether oxygens (including phenoxy) is 3. The van der Waals surface area contributed by atoms with Gasteiger partial charge in [-0.15, -0.1) is 0 Å². The molecule has 0 saturated carbocycles. The molecule has 0 aliphatic carbocycles. The zero-order valence-electron chi connectivity index (χ0n) is 12.3. The summed E-state index contributed by atoms with van der Waals surface area (Å²) in [5.74, 6) is 0.939. The summed E-state index contributed by atoms with van der Waals surface area (Å²) >= 11 is 0. The van der Waals surface area contributed by atoms with Crippen LogP contribution in [0.2, 0.25) is 0 Å². The van der Waals surface area contributed by atoms with Crippen LogP contribution in [0.4, 0.5) is 0 Å². The molecule has 4 nitrogen and oxygen atoms in total. The molecular weight excluding hydrogens is 254 g/mol. The molecule has 2 rings (SSSR count). The molecule has 0 radical (unpaired) electrons. The summed E-state index contributed by atoms with van der Waals surface area (Å²) in [6.45, 7) is 6.64. The Morgan fingerprint density at radius 1 is 1.30 bits per heavy atom. The van der Waals surface area contributed by atoms with Gasteiger partial charge in [-0.25, -0.2) is 0 Å². The maximum Gasteiger partial charge on any atom is 0.123 e. The first-order chi connectivity index (χ1) is 9.90. The van der Waals surface area contributed by atoms with Crippen LogP contribution in [0.25, 0.3) is 0 Å². The Morgan fingerprint density at radius 3 is 3.00 bits per heavy atom. The van der Waals surface area contributed by atoms with Crippen LogP contribution in [0.3, 0.4) is 0 Å². The standard InChI is InChI=1S/C16H25NO3/c1-2-17-12-14-6-3-4-8-16(14)20-11-10-18-13-15-7-5-9-19-15/h3-4,6,8,15,17H,2,5,7,9-13H2,1H3. The van der Waals surface area contributed by atoms with Gasteiger partial charge in [0.25, 0.3) is 0 Å². The highest BCUT2D eigenvalue weighted by molar-refractivity contribution is 5.33. The molecule has 1 N–H and O–H groups in total. The van der Waals surface area contributed by atoms with Gasteiger partial charge < -0.3 is 19.5 Å². The van der Waals surface area contributed by atoms with Crippen molar-refractivity contribution in [3.63, 3.8) is 0 Å². The number of nitrogens with one attached hydrogen (secondary N) is 1. The molecule has 1 aromatic carbocycles. The van der Waals surface area contributed by atoms with Crippen molar-refractivity contribution in [3.8, 4) is 5.75 Å². The third kappa shape index (κ3) is 5.12. The van der Waals surface area contributed by atoms with Gasteiger partial charge in [-0.05, 0) is 25.5 Å². The average molecular weight is 279 g/mol. The monoisotopic (exact) mass is 279 g/mol. The Labute approximate surface area is 121 Å². The van der Waals surface area contributed by atoms with Crippen molar-refractivity contribution in [3.05, 3.63) is 29.8 Å². The molecule has 0 spiro atoms. The zero-order chi connectivity index (χ0) is 14.0. The maximum atomic E-state index is 5.79. The third-order valence-electron chi connectivity index (χ3n) is 3.35. The fraction of sp³-hybridized carbons (Fsp3) is 0.625. The molecule has 1 fully saturated rings. The highest BCUT2D eigenvalue weighted by Gasteiger charge is 2.15. The second-order valence-corrected chi connectivity index (χ2v) is 4.95. The average Bonchev–Trinajstić information content (AvgIpc) is 2.99. The van der Waals surface area contributed by atoms with Crippen LogP contribution in [0, 0.1) is 0 Å². The van der Waals surface area contributed by atoms with Crippen LogP contribution in [0.1, 0.15) is 25.3 Å². The van der Waals surface area contributed by atoms with Crippen molar-refractivity contribution < 1.29 is 14.2 Å². The van der Waals surface area contributed by atoms with Crippen molar-refractivity contribution >= 4 is 0 Å². The number of para-hydroxylation sites is 1. The lowest BCUT2D eigenvalue weighted by Gasteiger charge is -2.13. The lowest BCUT2D eigenvalue weighted by atomic mass is 10.2. The lowest BCUT2D eigenvalue weighted by molar-refractivity contribution is 0.00845. The van der Waals surface area contributed by atoms with Crippen molar-refractivity contribution in [1.29, 1.82) is 0 Å². The molecule has 0 bridgehead atoms. The predicted octanol–water partition coefficient (Wildman–Crippen LogP) is 2.37. The zero-order valence-corrected chi connectivity index (χ0v) is 12.3. The van der Waals surface area contributed by atoms with Crippen LogP contribution < -0.4 is 10.1 Å². The van der Waals surface area contributed by atoms with Gasteiger partial charge in [-0.1, -0.05) is 25.1 Å². The van der Waals surface area contributed by atoms with E-state index in [1.807, 2.05) is 18.2 Å². The Morgan fingerprint density at radius 2 is 2.20 bits per heavy atom. The first-order valence-corrected chi connectivity index (χ1v) is 7.51. The highest BCUT2D eigenvalue weighted by Crippen LogP contribution is 2.17. The van der Waals surface area contributed by atoms with E-state index in [0.29, 0.717) is 19.8 Å². The van der Waals surface area contributed by atoms with Gasteiger partial charge in [0.15, 0.2) is 0 Å². The second-order valence-electron chi connectivity index (χ2n) is 4.95. The van der Waals surface area contributed by atoms with Crippen LogP contribution in [-0.4, -0.2) is 39.1 Å². The quantitative estimate of drug-likeness (QED) is 0.705. The summed E-state index contributed by atoms with van der Waals surface area (Å²) in [6, 6.07) is 8.13. The molecule has 4 heteroatoms. The molecule has 1 aromatic rings. The third-order valence-corrected chi connectivity index (χ3v) is 3.35. The van der Waals surface area contributed by atoms with Gasteiger partial charge in [0, 0.05) is 18.7 Å². The van der Waals surface area contributed by atoms with E-state index in [-0.39, 0.29) is 6.10 Å². The van der Waals surface area contributed by atoms with Crippen LogP contribution >= 0.6 is 0 Å². The van der Waals surface area contributed by atoms with E-state index in [1.165, 1.54) is 5.56 Å². The minimum atomic E-state index is 0.288. The summed E-state index contributed by atoms with van der Waals surface area (Å²) in [4.78, 5) is 0. The smallest absolute Gasteiger partial charge is 0.123 e. The number of hydrogen-bond acceptors (Lipinski definition) is 4. The molecule has 1 aliphatic rings. The van der Waals surface area contributed by atoms with E-state index in [1.54, 1.807) is 0 Å². The minimum Gasteiger partial charge on any atom is -0.491 e. The Balaban J connectivity index is 1.65. The van der Waals surface area contributed by atoms with E-state index >= 15 is 0 Å². The van der Waals surface area contributed by atoms with E-state index in [2.05, 4.69) is 18.3 Å². The molecule has 112 valence electrons. The fourth-order valence-corrected chi connectivity index (χ4v) is 2.25. The minimum absolute atomic E-state index is 0.288. The molecule has 1 atom stereocenters. The normalized spacial score (nSPS) is 18.4. The van der Waals surface area contributed by atoms with Crippen LogP contribution in [0.15, 0.2) is 24.3 Å². The number of rotatable bonds is 9. The SMILES string of the molecule is CCNCc1ccccc1OCCOCC1CCCO1. The Hall–Kier alpha value is -1.10. The molecule has 20 heavy (non-hydrogen) atoms. The number of benzene rings is 1. The molecule has 0 aromatic heterocycles. The van der Waals surface area contributed by atoms with E-state index < -0.39 is 0 Å². The Bertz CT molecular complexity index is 378. The highest BCUT2D eigenvalue weighted by atomic mass is 16.5. The maximum absolute atomic E-state index is 5.79. The van der Waals surface area contributed by atoms with Gasteiger partial charge in [0.2, 0.25) is 0 Å². The van der Waals surface area contributed by atoms with Crippen LogP contribution in [0.5, 0.6) is 5.75 Å². The fourth-order valence-electron chi connectivity index (χ4n) is 2.25. The van der Waals surface area contributed by atoms with Crippen molar-refractivity contribution in [2.45, 2.75) is 32.4 Å². The van der Waals surface area contributed by atoms with E-state index in [4.69, 9.17) is 14.2 Å². The summed E-state index contributed by atoms with van der Waals surface area (Å²) in [7, 11) is 0. The molecule has 1 aliphatic heterocycles. The van der Waals surface area contributed by atoms with Crippen molar-refractivity contribution in [2.24, 2.45) is 0 Å². The summed E-state index contributed by atoms with van der Waals surface area (Å²) in [6.07, 6.45) is 2.56. The van der Waals surface area contributed by atoms with Gasteiger partial charge in [-0.2, -0.15) is 0 Å². The molecule has 1 heterocycles. The Kier molecular flexibility index (Phi) is 6.84. The first kappa shape index (κ1) is 15.3.